The van der Waals surface area contributed by atoms with E-state index in [0.717, 1.165) is 27.1 Å². The van der Waals surface area contributed by atoms with Crippen molar-refractivity contribution in [2.45, 2.75) is 0 Å². The number of H-pyrrole nitrogens is 2. The molecule has 0 spiro atoms. The molecule has 0 saturated carbocycles. The molecule has 0 radical (unpaired) electrons. The molecule has 18 heavy (non-hydrogen) atoms. The van der Waals surface area contributed by atoms with Crippen molar-refractivity contribution < 1.29 is 0 Å². The molecule has 0 bridgehead atoms. The van der Waals surface area contributed by atoms with Crippen molar-refractivity contribution in [1.82, 2.24) is 15.2 Å². The first-order valence-electron chi connectivity index (χ1n) is 5.66. The standard InChI is InChI=1S/C13H13BrN4/c1-18(2)13-11(14)12(16-17-13)9-7-15-10-6-4-3-5-8(9)10/h3-7,15H,1-2H3,(H,16,17). The Hall–Kier alpha value is -1.75. The highest BCUT2D eigenvalue weighted by atomic mass is 79.9. The van der Waals surface area contributed by atoms with Gasteiger partial charge in [0.05, 0.1) is 10.2 Å². The summed E-state index contributed by atoms with van der Waals surface area (Å²) in [5.41, 5.74) is 3.25. The predicted molar refractivity (Wildman–Crippen MR) is 77.9 cm³/mol. The highest BCUT2D eigenvalue weighted by molar-refractivity contribution is 9.10. The molecular weight excluding hydrogens is 292 g/mol. The van der Waals surface area contributed by atoms with Gasteiger partial charge in [0.25, 0.3) is 0 Å². The van der Waals surface area contributed by atoms with Gasteiger partial charge in [0, 0.05) is 36.8 Å². The molecule has 3 rings (SSSR count). The van der Waals surface area contributed by atoms with E-state index in [2.05, 4.69) is 43.2 Å². The Labute approximate surface area is 113 Å². The minimum Gasteiger partial charge on any atom is -0.360 e. The number of halogens is 1. The smallest absolute Gasteiger partial charge is 0.164 e. The van der Waals surface area contributed by atoms with E-state index in [0.29, 0.717) is 0 Å². The van der Waals surface area contributed by atoms with Crippen LogP contribution in [0.1, 0.15) is 0 Å². The van der Waals surface area contributed by atoms with Crippen LogP contribution in [-0.2, 0) is 0 Å². The number of nitrogens with zero attached hydrogens (tertiary/aromatic N) is 2. The maximum atomic E-state index is 4.32. The van der Waals surface area contributed by atoms with E-state index in [1.54, 1.807) is 0 Å². The number of aromatic nitrogens is 3. The molecule has 2 N–H and O–H groups in total. The number of anilines is 1. The molecule has 0 atom stereocenters. The second kappa shape index (κ2) is 4.17. The van der Waals surface area contributed by atoms with Gasteiger partial charge < -0.3 is 9.88 Å². The number of hydrogen-bond acceptors (Lipinski definition) is 2. The van der Waals surface area contributed by atoms with Gasteiger partial charge in [-0.3, -0.25) is 5.10 Å². The molecule has 5 heteroatoms. The Kier molecular flexibility index (Phi) is 2.63. The summed E-state index contributed by atoms with van der Waals surface area (Å²) in [5, 5.41) is 8.60. The molecule has 0 aliphatic heterocycles. The monoisotopic (exact) mass is 304 g/mol. The molecule has 0 fully saturated rings. The zero-order valence-corrected chi connectivity index (χ0v) is 11.7. The quantitative estimate of drug-likeness (QED) is 0.762. The van der Waals surface area contributed by atoms with Gasteiger partial charge in [-0.15, -0.1) is 0 Å². The van der Waals surface area contributed by atoms with E-state index in [-0.39, 0.29) is 0 Å². The van der Waals surface area contributed by atoms with Gasteiger partial charge in [-0.05, 0) is 22.0 Å². The van der Waals surface area contributed by atoms with Crippen molar-refractivity contribution in [3.63, 3.8) is 0 Å². The molecule has 0 saturated heterocycles. The summed E-state index contributed by atoms with van der Waals surface area (Å²) in [6, 6.07) is 8.23. The summed E-state index contributed by atoms with van der Waals surface area (Å²) >= 11 is 3.61. The molecule has 2 aromatic heterocycles. The second-order valence-electron chi connectivity index (χ2n) is 4.38. The lowest BCUT2D eigenvalue weighted by Gasteiger charge is -2.07. The van der Waals surface area contributed by atoms with Crippen molar-refractivity contribution in [2.75, 3.05) is 19.0 Å². The molecule has 2 heterocycles. The molecule has 92 valence electrons. The number of hydrogen-bond donors (Lipinski definition) is 2. The van der Waals surface area contributed by atoms with Gasteiger partial charge in [0.2, 0.25) is 0 Å². The van der Waals surface area contributed by atoms with Crippen molar-refractivity contribution in [2.24, 2.45) is 0 Å². The first-order valence-corrected chi connectivity index (χ1v) is 6.45. The zero-order chi connectivity index (χ0) is 12.7. The molecular formula is C13H13BrN4. The average Bonchev–Trinajstić information content (AvgIpc) is 2.92. The van der Waals surface area contributed by atoms with Gasteiger partial charge >= 0.3 is 0 Å². The fourth-order valence-electron chi connectivity index (χ4n) is 2.07. The highest BCUT2D eigenvalue weighted by Gasteiger charge is 2.16. The van der Waals surface area contributed by atoms with Crippen molar-refractivity contribution in [1.29, 1.82) is 0 Å². The van der Waals surface area contributed by atoms with Crippen molar-refractivity contribution >= 4 is 32.7 Å². The fourth-order valence-corrected chi connectivity index (χ4v) is 2.82. The molecule has 1 aromatic carbocycles. The summed E-state index contributed by atoms with van der Waals surface area (Å²) in [4.78, 5) is 5.24. The van der Waals surface area contributed by atoms with Crippen LogP contribution in [0.4, 0.5) is 5.82 Å². The number of para-hydroxylation sites is 1. The van der Waals surface area contributed by atoms with Crippen molar-refractivity contribution in [3.8, 4) is 11.3 Å². The minimum atomic E-state index is 0.898. The second-order valence-corrected chi connectivity index (χ2v) is 5.17. The van der Waals surface area contributed by atoms with E-state index >= 15 is 0 Å². The lowest BCUT2D eigenvalue weighted by Crippen LogP contribution is -2.09. The van der Waals surface area contributed by atoms with E-state index in [1.807, 2.05) is 37.3 Å². The number of rotatable bonds is 2. The molecule has 0 unspecified atom stereocenters. The van der Waals surface area contributed by atoms with Crippen LogP contribution in [0.2, 0.25) is 0 Å². The summed E-state index contributed by atoms with van der Waals surface area (Å²) in [6.07, 6.45) is 2.00. The fraction of sp³-hybridized carbons (Fsp3) is 0.154. The van der Waals surface area contributed by atoms with Gasteiger partial charge in [-0.25, -0.2) is 0 Å². The normalized spacial score (nSPS) is 11.1. The van der Waals surface area contributed by atoms with Crippen LogP contribution >= 0.6 is 15.9 Å². The first kappa shape index (κ1) is 11.3. The molecule has 4 nitrogen and oxygen atoms in total. The Balaban J connectivity index is 2.21. The van der Waals surface area contributed by atoms with Gasteiger partial charge in [0.1, 0.15) is 0 Å². The third-order valence-corrected chi connectivity index (χ3v) is 3.72. The number of aromatic amines is 2. The summed E-state index contributed by atoms with van der Waals surface area (Å²) in [7, 11) is 3.94. The Morgan fingerprint density at radius 2 is 2.00 bits per heavy atom. The maximum absolute atomic E-state index is 4.32. The Morgan fingerprint density at radius 1 is 1.22 bits per heavy atom. The van der Waals surface area contributed by atoms with Crippen LogP contribution in [0, 0.1) is 0 Å². The summed E-state index contributed by atoms with van der Waals surface area (Å²) < 4.78 is 0.984. The van der Waals surface area contributed by atoms with E-state index in [9.17, 15) is 0 Å². The van der Waals surface area contributed by atoms with Crippen LogP contribution < -0.4 is 4.90 Å². The number of nitrogens with one attached hydrogen (secondary N) is 2. The highest BCUT2D eigenvalue weighted by Crippen LogP contribution is 2.36. The first-order chi connectivity index (χ1) is 8.68. The summed E-state index contributed by atoms with van der Waals surface area (Å²) in [5.74, 6) is 0.898. The van der Waals surface area contributed by atoms with Crippen LogP contribution in [0.5, 0.6) is 0 Å². The average molecular weight is 305 g/mol. The van der Waals surface area contributed by atoms with E-state index < -0.39 is 0 Å². The summed E-state index contributed by atoms with van der Waals surface area (Å²) in [6.45, 7) is 0. The molecule has 0 amide bonds. The SMILES string of the molecule is CN(C)c1n[nH]c(-c2c[nH]c3ccccc23)c1Br. The molecule has 0 aliphatic rings. The van der Waals surface area contributed by atoms with Crippen LogP contribution in [-0.4, -0.2) is 29.3 Å². The third kappa shape index (κ3) is 1.62. The van der Waals surface area contributed by atoms with Crippen LogP contribution in [0.3, 0.4) is 0 Å². The molecule has 0 aliphatic carbocycles. The van der Waals surface area contributed by atoms with E-state index in [4.69, 9.17) is 0 Å². The van der Waals surface area contributed by atoms with Gasteiger partial charge in [0.15, 0.2) is 5.82 Å². The maximum Gasteiger partial charge on any atom is 0.164 e. The van der Waals surface area contributed by atoms with Crippen molar-refractivity contribution in [3.05, 3.63) is 34.9 Å². The van der Waals surface area contributed by atoms with E-state index in [1.165, 1.54) is 5.39 Å². The number of fused-ring (bicyclic) bond motifs is 1. The van der Waals surface area contributed by atoms with Gasteiger partial charge in [-0.1, -0.05) is 18.2 Å². The van der Waals surface area contributed by atoms with Crippen LogP contribution in [0.15, 0.2) is 34.9 Å². The largest absolute Gasteiger partial charge is 0.360 e. The van der Waals surface area contributed by atoms with Gasteiger partial charge in [-0.2, -0.15) is 5.10 Å². The Bertz CT molecular complexity index is 696. The minimum absolute atomic E-state index is 0.898. The topological polar surface area (TPSA) is 47.7 Å². The molecule has 3 aromatic rings. The lowest BCUT2D eigenvalue weighted by molar-refractivity contribution is 1.01. The zero-order valence-electron chi connectivity index (χ0n) is 10.2. The number of benzene rings is 1. The Morgan fingerprint density at radius 3 is 2.72 bits per heavy atom. The van der Waals surface area contributed by atoms with Crippen LogP contribution in [0.25, 0.3) is 22.2 Å². The predicted octanol–water partition coefficient (Wildman–Crippen LogP) is 3.39. The third-order valence-electron chi connectivity index (χ3n) is 2.97. The lowest BCUT2D eigenvalue weighted by atomic mass is 10.1.